The molecule has 2 amide bonds. The van der Waals surface area contributed by atoms with E-state index in [0.29, 0.717) is 40.7 Å². The van der Waals surface area contributed by atoms with E-state index in [2.05, 4.69) is 27.2 Å². The number of allylic oxidation sites excluding steroid dienone is 1. The summed E-state index contributed by atoms with van der Waals surface area (Å²) < 4.78 is 22.3. The van der Waals surface area contributed by atoms with Crippen LogP contribution in [0.2, 0.25) is 0 Å². The maximum Gasteiger partial charge on any atom is 0.337 e. The number of ether oxygens (including phenoxy) is 4. The number of hydrazone groups is 1. The molecule has 0 saturated carbocycles. The standard InChI is InChI=1S/C32H33N5O7/c1-4-42-27-15-22(30-29(31(39)41-3)20(2)35-32(40)36-30)12-13-26(27)44-19-28(38)37-34-17-21-8-7-11-25(14-21)43-18-24-10-6-5-9-23(24)16-33/h5-15,17,28,30,37-38H,4,18-19H2,1-3H3,(H2,35,36,40)/b34-17+/t28-,30-/m1/s1. The first-order valence-corrected chi connectivity index (χ1v) is 13.8. The van der Waals surface area contributed by atoms with Crippen LogP contribution in [0.4, 0.5) is 4.79 Å². The molecule has 0 aliphatic carbocycles. The minimum absolute atomic E-state index is 0.158. The summed E-state index contributed by atoms with van der Waals surface area (Å²) >= 11 is 0. The largest absolute Gasteiger partial charge is 0.490 e. The number of esters is 1. The van der Waals surface area contributed by atoms with Crippen molar-refractivity contribution in [2.45, 2.75) is 32.7 Å². The highest BCUT2D eigenvalue weighted by atomic mass is 16.5. The zero-order valence-corrected chi connectivity index (χ0v) is 24.5. The highest BCUT2D eigenvalue weighted by Gasteiger charge is 2.32. The van der Waals surface area contributed by atoms with Gasteiger partial charge in [0.25, 0.3) is 0 Å². The van der Waals surface area contributed by atoms with Crippen LogP contribution in [0.5, 0.6) is 17.2 Å². The molecule has 0 aromatic heterocycles. The lowest BCUT2D eigenvalue weighted by Gasteiger charge is -2.28. The number of rotatable bonds is 13. The number of nitrogens with zero attached hydrogens (tertiary/aromatic N) is 2. The van der Waals surface area contributed by atoms with E-state index in [1.165, 1.54) is 13.3 Å². The molecule has 12 heteroatoms. The molecule has 0 radical (unpaired) electrons. The maximum absolute atomic E-state index is 12.4. The van der Waals surface area contributed by atoms with Crippen LogP contribution >= 0.6 is 0 Å². The number of amides is 2. The van der Waals surface area contributed by atoms with Gasteiger partial charge in [-0.25, -0.2) is 9.59 Å². The molecule has 1 aliphatic heterocycles. The molecule has 4 rings (SSSR count). The molecule has 228 valence electrons. The summed E-state index contributed by atoms with van der Waals surface area (Å²) in [5.41, 5.74) is 5.93. The fourth-order valence-electron chi connectivity index (χ4n) is 4.42. The number of hydrogen-bond donors (Lipinski definition) is 4. The first-order chi connectivity index (χ1) is 21.3. The Morgan fingerprint density at radius 2 is 1.93 bits per heavy atom. The molecule has 44 heavy (non-hydrogen) atoms. The Bertz CT molecular complexity index is 1600. The molecule has 0 unspecified atom stereocenters. The lowest BCUT2D eigenvalue weighted by atomic mass is 9.95. The number of hydrogen-bond acceptors (Lipinski definition) is 10. The van der Waals surface area contributed by atoms with Gasteiger partial charge in [-0.2, -0.15) is 10.4 Å². The number of carbonyl (C=O) groups excluding carboxylic acids is 2. The second kappa shape index (κ2) is 15.1. The van der Waals surface area contributed by atoms with Gasteiger partial charge in [0, 0.05) is 11.3 Å². The molecule has 0 saturated heterocycles. The first-order valence-electron chi connectivity index (χ1n) is 13.8. The zero-order chi connectivity index (χ0) is 31.5. The summed E-state index contributed by atoms with van der Waals surface area (Å²) in [6.45, 7) is 3.85. The van der Waals surface area contributed by atoms with Gasteiger partial charge in [0.15, 0.2) is 17.7 Å². The maximum atomic E-state index is 12.4. The second-order valence-electron chi connectivity index (χ2n) is 9.55. The summed E-state index contributed by atoms with van der Waals surface area (Å²) in [7, 11) is 1.27. The second-order valence-corrected chi connectivity index (χ2v) is 9.55. The Labute approximate surface area is 254 Å². The normalized spacial score (nSPS) is 15.1. The van der Waals surface area contributed by atoms with Crippen LogP contribution in [0.25, 0.3) is 0 Å². The molecule has 3 aromatic carbocycles. The van der Waals surface area contributed by atoms with Crippen LogP contribution in [0.1, 0.15) is 42.1 Å². The van der Waals surface area contributed by atoms with Gasteiger partial charge in [0.1, 0.15) is 19.0 Å². The molecule has 1 heterocycles. The molecule has 0 spiro atoms. The average Bonchev–Trinajstić information content (AvgIpc) is 3.03. The third-order valence-corrected chi connectivity index (χ3v) is 6.50. The third kappa shape index (κ3) is 8.05. The van der Waals surface area contributed by atoms with Crippen molar-refractivity contribution in [2.24, 2.45) is 5.10 Å². The van der Waals surface area contributed by atoms with Crippen LogP contribution in [0.15, 0.2) is 83.1 Å². The number of methoxy groups -OCH3 is 1. The molecule has 2 atom stereocenters. The van der Waals surface area contributed by atoms with E-state index in [-0.39, 0.29) is 18.8 Å². The quantitative estimate of drug-likeness (QED) is 0.0994. The fraction of sp³-hybridized carbons (Fsp3) is 0.250. The number of nitrogens with one attached hydrogen (secondary N) is 3. The summed E-state index contributed by atoms with van der Waals surface area (Å²) in [6.07, 6.45) is 0.379. The number of carbonyl (C=O) groups is 2. The lowest BCUT2D eigenvalue weighted by Crippen LogP contribution is -2.45. The fourth-order valence-corrected chi connectivity index (χ4v) is 4.42. The van der Waals surface area contributed by atoms with Crippen molar-refractivity contribution in [1.82, 2.24) is 16.1 Å². The number of nitriles is 1. The van der Waals surface area contributed by atoms with Gasteiger partial charge in [-0.05, 0) is 55.3 Å². The van der Waals surface area contributed by atoms with Gasteiger partial charge in [-0.3, -0.25) is 5.43 Å². The van der Waals surface area contributed by atoms with E-state index in [1.807, 2.05) is 31.2 Å². The zero-order valence-electron chi connectivity index (χ0n) is 24.5. The smallest absolute Gasteiger partial charge is 0.337 e. The Morgan fingerprint density at radius 3 is 2.70 bits per heavy atom. The predicted molar refractivity (Wildman–Crippen MR) is 161 cm³/mol. The average molecular weight is 600 g/mol. The van der Waals surface area contributed by atoms with E-state index in [4.69, 9.17) is 18.9 Å². The van der Waals surface area contributed by atoms with Gasteiger partial charge in [-0.15, -0.1) is 0 Å². The van der Waals surface area contributed by atoms with Crippen molar-refractivity contribution >= 4 is 18.2 Å². The minimum atomic E-state index is -1.15. The summed E-state index contributed by atoms with van der Waals surface area (Å²) in [5.74, 6) is 0.743. The van der Waals surface area contributed by atoms with Crippen molar-refractivity contribution in [2.75, 3.05) is 20.3 Å². The van der Waals surface area contributed by atoms with Gasteiger partial charge in [-0.1, -0.05) is 36.4 Å². The van der Waals surface area contributed by atoms with Crippen molar-refractivity contribution in [3.8, 4) is 23.3 Å². The van der Waals surface area contributed by atoms with E-state index < -0.39 is 24.3 Å². The molecule has 0 fully saturated rings. The Hall–Kier alpha value is -5.54. The molecule has 1 aliphatic rings. The summed E-state index contributed by atoms with van der Waals surface area (Å²) in [4.78, 5) is 24.6. The predicted octanol–water partition coefficient (Wildman–Crippen LogP) is 3.66. The molecule has 12 nitrogen and oxygen atoms in total. The number of benzene rings is 3. The number of aliphatic hydroxyl groups is 1. The van der Waals surface area contributed by atoms with Gasteiger partial charge in [0.05, 0.1) is 43.2 Å². The van der Waals surface area contributed by atoms with Gasteiger partial charge < -0.3 is 34.7 Å². The molecule has 0 bridgehead atoms. The van der Waals surface area contributed by atoms with Gasteiger partial charge in [0.2, 0.25) is 0 Å². The molecule has 4 N–H and O–H groups in total. The first kappa shape index (κ1) is 31.4. The number of aliphatic hydroxyl groups excluding tert-OH is 1. The van der Waals surface area contributed by atoms with Crippen LogP contribution in [0.3, 0.4) is 0 Å². The summed E-state index contributed by atoms with van der Waals surface area (Å²) in [6, 6.07) is 20.4. The van der Waals surface area contributed by atoms with Crippen LogP contribution in [0, 0.1) is 11.3 Å². The third-order valence-electron chi connectivity index (χ3n) is 6.50. The Kier molecular flexibility index (Phi) is 10.8. The van der Waals surface area contributed by atoms with Crippen molar-refractivity contribution in [3.05, 3.63) is 100 Å². The monoisotopic (exact) mass is 599 g/mol. The van der Waals surface area contributed by atoms with E-state index in [1.54, 1.807) is 49.4 Å². The van der Waals surface area contributed by atoms with Crippen LogP contribution in [-0.4, -0.2) is 49.9 Å². The number of urea groups is 1. The SMILES string of the molecule is CCOc1cc([C@H]2NC(=O)NC(C)=C2C(=O)OC)ccc1OC[C@@H](O)N/N=C/c1cccc(OCc2ccccc2C#N)c1. The van der Waals surface area contributed by atoms with Gasteiger partial charge >= 0.3 is 12.0 Å². The van der Waals surface area contributed by atoms with E-state index in [9.17, 15) is 20.0 Å². The Morgan fingerprint density at radius 1 is 1.11 bits per heavy atom. The van der Waals surface area contributed by atoms with E-state index >= 15 is 0 Å². The lowest BCUT2D eigenvalue weighted by molar-refractivity contribution is -0.136. The summed E-state index contributed by atoms with van der Waals surface area (Å²) in [5, 5.41) is 29.1. The Balaban J connectivity index is 1.36. The minimum Gasteiger partial charge on any atom is -0.490 e. The van der Waals surface area contributed by atoms with Crippen LogP contribution < -0.4 is 30.3 Å². The van der Waals surface area contributed by atoms with Crippen molar-refractivity contribution in [3.63, 3.8) is 0 Å². The molecular formula is C32H33N5O7. The van der Waals surface area contributed by atoms with Crippen molar-refractivity contribution < 1.29 is 33.6 Å². The molecule has 3 aromatic rings. The topological polar surface area (TPSA) is 164 Å². The molecular weight excluding hydrogens is 566 g/mol. The highest BCUT2D eigenvalue weighted by Crippen LogP contribution is 2.35. The van der Waals surface area contributed by atoms with E-state index in [0.717, 1.165) is 11.1 Å². The van der Waals surface area contributed by atoms with Crippen LogP contribution in [-0.2, 0) is 16.1 Å². The highest BCUT2D eigenvalue weighted by molar-refractivity contribution is 5.95. The van der Waals surface area contributed by atoms with Crippen molar-refractivity contribution in [1.29, 1.82) is 5.26 Å².